The van der Waals surface area contributed by atoms with E-state index in [9.17, 15) is 0 Å². The molecule has 0 aliphatic carbocycles. The van der Waals surface area contributed by atoms with E-state index in [0.717, 1.165) is 6.42 Å². The molecule has 0 saturated carbocycles. The molecule has 0 heterocycles. The van der Waals surface area contributed by atoms with Crippen LogP contribution in [0, 0.1) is 3.57 Å². The monoisotopic (exact) mass is 370 g/mol. The summed E-state index contributed by atoms with van der Waals surface area (Å²) in [5.74, 6) is 0. The molecule has 3 rings (SSSR count). The molecule has 0 bridgehead atoms. The van der Waals surface area contributed by atoms with Gasteiger partial charge in [0.15, 0.2) is 0 Å². The maximum Gasteiger partial charge on any atom is 0.0208 e. The molecule has 0 nitrogen and oxygen atoms in total. The molecule has 0 unspecified atom stereocenters. The van der Waals surface area contributed by atoms with Gasteiger partial charge in [-0.15, -0.1) is 0 Å². The Morgan fingerprint density at radius 1 is 0.650 bits per heavy atom. The van der Waals surface area contributed by atoms with Crippen LogP contribution in [0.2, 0.25) is 0 Å². The summed E-state index contributed by atoms with van der Waals surface area (Å²) in [7, 11) is 0. The smallest absolute Gasteiger partial charge is 0.0208 e. The number of benzene rings is 3. The second kappa shape index (κ2) is 6.23. The zero-order valence-corrected chi connectivity index (χ0v) is 13.2. The molecule has 0 fully saturated rings. The van der Waals surface area contributed by atoms with Crippen LogP contribution in [0.1, 0.15) is 11.1 Å². The predicted octanol–water partition coefficient (Wildman–Crippen LogP) is 5.55. The fraction of sp³-hybridized carbons (Fsp3) is 0.0526. The van der Waals surface area contributed by atoms with Gasteiger partial charge in [0.05, 0.1) is 0 Å². The quantitative estimate of drug-likeness (QED) is 0.531. The van der Waals surface area contributed by atoms with Crippen LogP contribution in [-0.2, 0) is 6.42 Å². The van der Waals surface area contributed by atoms with Crippen molar-refractivity contribution in [1.82, 2.24) is 0 Å². The molecule has 3 aromatic carbocycles. The van der Waals surface area contributed by atoms with Gasteiger partial charge in [-0.1, -0.05) is 72.8 Å². The van der Waals surface area contributed by atoms with Crippen LogP contribution in [0.25, 0.3) is 11.1 Å². The first-order valence-electron chi connectivity index (χ1n) is 6.71. The third-order valence-electron chi connectivity index (χ3n) is 3.36. The molecule has 0 radical (unpaired) electrons. The molecule has 0 N–H and O–H groups in total. The van der Waals surface area contributed by atoms with E-state index >= 15 is 0 Å². The van der Waals surface area contributed by atoms with E-state index in [1.54, 1.807) is 0 Å². The third-order valence-corrected chi connectivity index (χ3v) is 4.30. The molecule has 0 saturated heterocycles. The van der Waals surface area contributed by atoms with E-state index in [2.05, 4.69) is 101 Å². The summed E-state index contributed by atoms with van der Waals surface area (Å²) in [6, 6.07) is 28.0. The molecule has 3 aromatic rings. The molecule has 20 heavy (non-hydrogen) atoms. The molecule has 0 aromatic heterocycles. The molecule has 0 atom stereocenters. The Morgan fingerprint density at radius 2 is 1.35 bits per heavy atom. The summed E-state index contributed by atoms with van der Waals surface area (Å²) >= 11 is 2.40. The fourth-order valence-corrected chi connectivity index (χ4v) is 3.07. The van der Waals surface area contributed by atoms with Crippen LogP contribution in [0.4, 0.5) is 0 Å². The highest BCUT2D eigenvalue weighted by atomic mass is 127. The molecule has 0 aliphatic heterocycles. The van der Waals surface area contributed by atoms with Crippen molar-refractivity contribution in [2.45, 2.75) is 6.42 Å². The summed E-state index contributed by atoms with van der Waals surface area (Å²) in [5.41, 5.74) is 5.31. The second-order valence-corrected chi connectivity index (χ2v) is 6.00. The van der Waals surface area contributed by atoms with Gasteiger partial charge in [0.25, 0.3) is 0 Å². The van der Waals surface area contributed by atoms with E-state index in [4.69, 9.17) is 0 Å². The molecule has 98 valence electrons. The first-order chi connectivity index (χ1) is 9.83. The van der Waals surface area contributed by atoms with Crippen molar-refractivity contribution in [2.24, 2.45) is 0 Å². The first kappa shape index (κ1) is 13.4. The van der Waals surface area contributed by atoms with E-state index in [0.29, 0.717) is 0 Å². The van der Waals surface area contributed by atoms with Crippen molar-refractivity contribution in [3.8, 4) is 11.1 Å². The lowest BCUT2D eigenvalue weighted by atomic mass is 9.99. The Bertz CT molecular complexity index is 702. The minimum Gasteiger partial charge on any atom is -0.0622 e. The lowest BCUT2D eigenvalue weighted by molar-refractivity contribution is 1.19. The van der Waals surface area contributed by atoms with Gasteiger partial charge in [-0.2, -0.15) is 0 Å². The van der Waals surface area contributed by atoms with Crippen LogP contribution >= 0.6 is 22.6 Å². The largest absolute Gasteiger partial charge is 0.0622 e. The van der Waals surface area contributed by atoms with Gasteiger partial charge in [0.2, 0.25) is 0 Å². The summed E-state index contributed by atoms with van der Waals surface area (Å²) in [6.45, 7) is 0. The van der Waals surface area contributed by atoms with E-state index in [1.165, 1.54) is 25.8 Å². The second-order valence-electron chi connectivity index (χ2n) is 4.84. The standard InChI is InChI=1S/C19H15I/c20-19-12-5-4-11-18(19)17-10-6-9-16(14-17)13-15-7-2-1-3-8-15/h1-12,14H,13H2. The fourth-order valence-electron chi connectivity index (χ4n) is 2.38. The van der Waals surface area contributed by atoms with Gasteiger partial charge in [0.1, 0.15) is 0 Å². The molecular formula is C19H15I. The Morgan fingerprint density at radius 3 is 2.15 bits per heavy atom. The Labute approximate surface area is 133 Å². The summed E-state index contributed by atoms with van der Waals surface area (Å²) < 4.78 is 1.29. The molecule has 0 spiro atoms. The van der Waals surface area contributed by atoms with Crippen LogP contribution in [0.5, 0.6) is 0 Å². The lowest BCUT2D eigenvalue weighted by Gasteiger charge is -2.07. The minimum atomic E-state index is 0.984. The highest BCUT2D eigenvalue weighted by Crippen LogP contribution is 2.26. The van der Waals surface area contributed by atoms with Crippen molar-refractivity contribution in [3.05, 3.63) is 93.6 Å². The van der Waals surface area contributed by atoms with Crippen LogP contribution in [-0.4, -0.2) is 0 Å². The maximum atomic E-state index is 2.40. The van der Waals surface area contributed by atoms with Crippen molar-refractivity contribution < 1.29 is 0 Å². The van der Waals surface area contributed by atoms with Gasteiger partial charge < -0.3 is 0 Å². The van der Waals surface area contributed by atoms with Gasteiger partial charge in [0, 0.05) is 3.57 Å². The zero-order valence-electron chi connectivity index (χ0n) is 11.1. The van der Waals surface area contributed by atoms with Gasteiger partial charge in [-0.3, -0.25) is 0 Å². The van der Waals surface area contributed by atoms with Crippen molar-refractivity contribution >= 4 is 22.6 Å². The van der Waals surface area contributed by atoms with Gasteiger partial charge >= 0.3 is 0 Å². The Balaban J connectivity index is 1.92. The van der Waals surface area contributed by atoms with Gasteiger partial charge in [-0.05, 0) is 57.3 Å². The third kappa shape index (κ3) is 3.10. The first-order valence-corrected chi connectivity index (χ1v) is 7.78. The van der Waals surface area contributed by atoms with Crippen molar-refractivity contribution in [2.75, 3.05) is 0 Å². The van der Waals surface area contributed by atoms with E-state index in [1.807, 2.05) is 0 Å². The highest BCUT2D eigenvalue weighted by Gasteiger charge is 2.03. The normalized spacial score (nSPS) is 10.4. The lowest BCUT2D eigenvalue weighted by Crippen LogP contribution is -1.89. The number of hydrogen-bond acceptors (Lipinski definition) is 0. The molecule has 0 amide bonds. The number of halogens is 1. The summed E-state index contributed by atoms with van der Waals surface area (Å²) in [6.07, 6.45) is 0.984. The minimum absolute atomic E-state index is 0.984. The van der Waals surface area contributed by atoms with E-state index < -0.39 is 0 Å². The predicted molar refractivity (Wildman–Crippen MR) is 93.8 cm³/mol. The van der Waals surface area contributed by atoms with Crippen LogP contribution < -0.4 is 0 Å². The average Bonchev–Trinajstić information content (AvgIpc) is 2.49. The topological polar surface area (TPSA) is 0 Å². The van der Waals surface area contributed by atoms with Crippen LogP contribution in [0.15, 0.2) is 78.9 Å². The maximum absolute atomic E-state index is 2.40. The summed E-state index contributed by atoms with van der Waals surface area (Å²) in [5, 5.41) is 0. The average molecular weight is 370 g/mol. The molecule has 1 heteroatoms. The Kier molecular flexibility index (Phi) is 4.16. The molecule has 0 aliphatic rings. The van der Waals surface area contributed by atoms with E-state index in [-0.39, 0.29) is 0 Å². The number of hydrogen-bond donors (Lipinski definition) is 0. The zero-order chi connectivity index (χ0) is 13.8. The van der Waals surface area contributed by atoms with Crippen LogP contribution in [0.3, 0.4) is 0 Å². The molecular weight excluding hydrogens is 355 g/mol. The Hall–Kier alpha value is -1.61. The van der Waals surface area contributed by atoms with Gasteiger partial charge in [-0.25, -0.2) is 0 Å². The van der Waals surface area contributed by atoms with Crippen molar-refractivity contribution in [3.63, 3.8) is 0 Å². The van der Waals surface area contributed by atoms with Crippen molar-refractivity contribution in [1.29, 1.82) is 0 Å². The highest BCUT2D eigenvalue weighted by molar-refractivity contribution is 14.1. The summed E-state index contributed by atoms with van der Waals surface area (Å²) in [4.78, 5) is 0. The SMILES string of the molecule is Ic1ccccc1-c1cccc(Cc2ccccc2)c1. The number of rotatable bonds is 3.